The zero-order valence-electron chi connectivity index (χ0n) is 15.7. The highest BCUT2D eigenvalue weighted by molar-refractivity contribution is 7.18. The summed E-state index contributed by atoms with van der Waals surface area (Å²) in [5, 5.41) is 0.746. The molecule has 0 atom stereocenters. The van der Waals surface area contributed by atoms with Crippen LogP contribution in [-0.2, 0) is 13.1 Å². The Labute approximate surface area is 162 Å². The molecule has 2 aromatic heterocycles. The summed E-state index contributed by atoms with van der Waals surface area (Å²) in [4.78, 5) is 24.0. The topological polar surface area (TPSA) is 50.6 Å². The normalized spacial score (nSPS) is 15.4. The maximum Gasteiger partial charge on any atom is 0.263 e. The quantitative estimate of drug-likeness (QED) is 0.677. The van der Waals surface area contributed by atoms with Crippen molar-refractivity contribution >= 4 is 27.2 Å². The second-order valence-electron chi connectivity index (χ2n) is 6.75. The zero-order valence-corrected chi connectivity index (χ0v) is 16.5. The fraction of sp³-hybridized carbons (Fsp3) is 0.400. The average molecular weight is 385 g/mol. The van der Waals surface area contributed by atoms with Crippen LogP contribution in [0.25, 0.3) is 10.2 Å². The third kappa shape index (κ3) is 3.70. The molecule has 27 heavy (non-hydrogen) atoms. The van der Waals surface area contributed by atoms with Gasteiger partial charge in [-0.25, -0.2) is 4.98 Å². The summed E-state index contributed by atoms with van der Waals surface area (Å²) in [6.07, 6.45) is 2.63. The van der Waals surface area contributed by atoms with Crippen molar-refractivity contribution in [2.45, 2.75) is 20.0 Å². The van der Waals surface area contributed by atoms with Crippen LogP contribution < -0.4 is 15.2 Å². The Hall–Kier alpha value is -2.38. The van der Waals surface area contributed by atoms with E-state index in [2.05, 4.69) is 33.8 Å². The first-order valence-electron chi connectivity index (χ1n) is 9.27. The monoisotopic (exact) mass is 384 g/mol. The SMILES string of the molecule is CCc1cc2c(=O)n(CN3CCN(c4ccc(OC)cc4)CC3)cnc2s1. The highest BCUT2D eigenvalue weighted by atomic mass is 32.1. The van der Waals surface area contributed by atoms with E-state index < -0.39 is 0 Å². The molecule has 1 saturated heterocycles. The summed E-state index contributed by atoms with van der Waals surface area (Å²) in [6.45, 7) is 6.41. The van der Waals surface area contributed by atoms with Gasteiger partial charge >= 0.3 is 0 Å². The molecule has 0 N–H and O–H groups in total. The minimum Gasteiger partial charge on any atom is -0.497 e. The van der Waals surface area contributed by atoms with Crippen LogP contribution in [0.2, 0.25) is 0 Å². The van der Waals surface area contributed by atoms with E-state index in [1.54, 1.807) is 29.3 Å². The van der Waals surface area contributed by atoms with Crippen LogP contribution in [0.1, 0.15) is 11.8 Å². The van der Waals surface area contributed by atoms with Gasteiger partial charge in [0, 0.05) is 36.7 Å². The number of hydrogen-bond acceptors (Lipinski definition) is 6. The molecule has 0 saturated carbocycles. The molecule has 0 amide bonds. The van der Waals surface area contributed by atoms with Crippen molar-refractivity contribution in [3.63, 3.8) is 0 Å². The van der Waals surface area contributed by atoms with Crippen molar-refractivity contribution in [2.75, 3.05) is 38.2 Å². The van der Waals surface area contributed by atoms with Gasteiger partial charge in [-0.1, -0.05) is 6.92 Å². The Balaban J connectivity index is 1.42. The third-order valence-corrected chi connectivity index (χ3v) is 6.27. The van der Waals surface area contributed by atoms with Crippen LogP contribution >= 0.6 is 11.3 Å². The largest absolute Gasteiger partial charge is 0.497 e. The lowest BCUT2D eigenvalue weighted by Gasteiger charge is -2.36. The lowest BCUT2D eigenvalue weighted by Crippen LogP contribution is -2.47. The highest BCUT2D eigenvalue weighted by Crippen LogP contribution is 2.22. The molecular formula is C20H24N4O2S. The molecule has 3 heterocycles. The number of thiophene rings is 1. The number of rotatable bonds is 5. The standard InChI is InChI=1S/C20H24N4O2S/c1-3-17-12-18-19(27-17)21-13-24(20(18)25)14-22-8-10-23(11-9-22)15-4-6-16(26-2)7-5-15/h4-7,12-13H,3,8-11,14H2,1-2H3. The molecule has 0 unspecified atom stereocenters. The maximum absolute atomic E-state index is 12.8. The van der Waals surface area contributed by atoms with Crippen molar-refractivity contribution in [1.82, 2.24) is 14.5 Å². The molecule has 1 aromatic carbocycles. The van der Waals surface area contributed by atoms with Crippen molar-refractivity contribution in [3.8, 4) is 5.75 Å². The summed E-state index contributed by atoms with van der Waals surface area (Å²) in [7, 11) is 1.68. The van der Waals surface area contributed by atoms with E-state index in [4.69, 9.17) is 4.74 Å². The number of ether oxygens (including phenoxy) is 1. The Morgan fingerprint density at radius 1 is 1.15 bits per heavy atom. The van der Waals surface area contributed by atoms with Crippen molar-refractivity contribution in [3.05, 3.63) is 51.9 Å². The second kappa shape index (κ2) is 7.70. The van der Waals surface area contributed by atoms with Gasteiger partial charge in [0.05, 0.1) is 19.2 Å². The van der Waals surface area contributed by atoms with Gasteiger partial charge in [-0.3, -0.25) is 14.3 Å². The molecule has 142 valence electrons. The average Bonchev–Trinajstić information content (AvgIpc) is 3.15. The maximum atomic E-state index is 12.8. The number of piperazine rings is 1. The molecule has 1 fully saturated rings. The van der Waals surface area contributed by atoms with Crippen LogP contribution in [0.15, 0.2) is 41.5 Å². The van der Waals surface area contributed by atoms with E-state index in [9.17, 15) is 4.79 Å². The predicted octanol–water partition coefficient (Wildman–Crippen LogP) is 2.81. The van der Waals surface area contributed by atoms with Gasteiger partial charge in [-0.2, -0.15) is 0 Å². The summed E-state index contributed by atoms with van der Waals surface area (Å²) >= 11 is 1.61. The molecule has 4 rings (SSSR count). The lowest BCUT2D eigenvalue weighted by atomic mass is 10.2. The molecule has 3 aromatic rings. The summed E-state index contributed by atoms with van der Waals surface area (Å²) in [6, 6.07) is 10.2. The van der Waals surface area contributed by atoms with Gasteiger partial charge in [-0.15, -0.1) is 11.3 Å². The Kier molecular flexibility index (Phi) is 5.13. The van der Waals surface area contributed by atoms with Gasteiger partial charge < -0.3 is 9.64 Å². The smallest absolute Gasteiger partial charge is 0.263 e. The van der Waals surface area contributed by atoms with E-state index in [1.165, 1.54) is 10.6 Å². The van der Waals surface area contributed by atoms with Gasteiger partial charge in [-0.05, 0) is 36.8 Å². The number of aromatic nitrogens is 2. The fourth-order valence-corrected chi connectivity index (χ4v) is 4.37. The number of benzene rings is 1. The first-order valence-corrected chi connectivity index (χ1v) is 10.1. The molecular weight excluding hydrogens is 360 g/mol. The molecule has 0 radical (unpaired) electrons. The van der Waals surface area contributed by atoms with Crippen molar-refractivity contribution in [1.29, 1.82) is 0 Å². The zero-order chi connectivity index (χ0) is 18.8. The number of hydrogen-bond donors (Lipinski definition) is 0. The molecule has 0 bridgehead atoms. The van der Waals surface area contributed by atoms with E-state index in [0.717, 1.165) is 48.6 Å². The van der Waals surface area contributed by atoms with E-state index >= 15 is 0 Å². The number of methoxy groups -OCH3 is 1. The first-order chi connectivity index (χ1) is 13.2. The number of fused-ring (bicyclic) bond motifs is 1. The number of nitrogens with zero attached hydrogens (tertiary/aromatic N) is 4. The molecule has 7 heteroatoms. The van der Waals surface area contributed by atoms with E-state index in [1.807, 2.05) is 18.2 Å². The van der Waals surface area contributed by atoms with E-state index in [-0.39, 0.29) is 5.56 Å². The summed E-state index contributed by atoms with van der Waals surface area (Å²) < 4.78 is 6.96. The van der Waals surface area contributed by atoms with Gasteiger partial charge in [0.1, 0.15) is 16.9 Å². The van der Waals surface area contributed by atoms with Gasteiger partial charge in [0.15, 0.2) is 0 Å². The third-order valence-electron chi connectivity index (χ3n) is 5.08. The molecule has 0 spiro atoms. The summed E-state index contributed by atoms with van der Waals surface area (Å²) in [5.74, 6) is 0.874. The van der Waals surface area contributed by atoms with Crippen molar-refractivity contribution in [2.24, 2.45) is 0 Å². The Bertz CT molecular complexity index is 972. The molecule has 1 aliphatic rings. The van der Waals surface area contributed by atoms with Crippen LogP contribution in [0.4, 0.5) is 5.69 Å². The lowest BCUT2D eigenvalue weighted by molar-refractivity contribution is 0.203. The Morgan fingerprint density at radius 2 is 1.89 bits per heavy atom. The van der Waals surface area contributed by atoms with Crippen LogP contribution in [0.5, 0.6) is 5.75 Å². The number of aryl methyl sites for hydroxylation is 1. The fourth-order valence-electron chi connectivity index (χ4n) is 3.44. The highest BCUT2D eigenvalue weighted by Gasteiger charge is 2.18. The molecule has 0 aliphatic carbocycles. The second-order valence-corrected chi connectivity index (χ2v) is 7.86. The van der Waals surface area contributed by atoms with E-state index in [0.29, 0.717) is 6.67 Å². The predicted molar refractivity (Wildman–Crippen MR) is 110 cm³/mol. The van der Waals surface area contributed by atoms with Gasteiger partial charge in [0.2, 0.25) is 0 Å². The van der Waals surface area contributed by atoms with Crippen LogP contribution in [0.3, 0.4) is 0 Å². The Morgan fingerprint density at radius 3 is 2.56 bits per heavy atom. The summed E-state index contributed by atoms with van der Waals surface area (Å²) in [5.41, 5.74) is 1.27. The van der Waals surface area contributed by atoms with Crippen molar-refractivity contribution < 1.29 is 4.74 Å². The van der Waals surface area contributed by atoms with Crippen LogP contribution in [0, 0.1) is 0 Å². The minimum absolute atomic E-state index is 0.0635. The number of anilines is 1. The van der Waals surface area contributed by atoms with Gasteiger partial charge in [0.25, 0.3) is 5.56 Å². The molecule has 6 nitrogen and oxygen atoms in total. The molecule has 1 aliphatic heterocycles. The van der Waals surface area contributed by atoms with Crippen LogP contribution in [-0.4, -0.2) is 47.7 Å². The minimum atomic E-state index is 0.0635. The first kappa shape index (κ1) is 18.0.